The van der Waals surface area contributed by atoms with Gasteiger partial charge in [-0.15, -0.1) is 0 Å². The van der Waals surface area contributed by atoms with Gasteiger partial charge in [-0.05, 0) is 48.4 Å². The molecule has 7 nitrogen and oxygen atoms in total. The molecule has 0 saturated heterocycles. The largest absolute Gasteiger partial charge is 0.352 e. The molecule has 0 bridgehead atoms. The Kier molecular flexibility index (Phi) is 7.83. The van der Waals surface area contributed by atoms with Crippen LogP contribution in [-0.2, 0) is 25.6 Å². The molecular formula is C23H23FN2O5S2. The fraction of sp³-hybridized carbons (Fsp3) is 0.174. The van der Waals surface area contributed by atoms with Crippen LogP contribution in [0, 0.1) is 5.82 Å². The molecule has 0 aliphatic carbocycles. The van der Waals surface area contributed by atoms with Crippen LogP contribution in [0.25, 0.3) is 0 Å². The second-order valence-electron chi connectivity index (χ2n) is 7.29. The molecule has 3 aromatic carbocycles. The molecule has 0 aliphatic heterocycles. The monoisotopic (exact) mass is 490 g/mol. The zero-order valence-electron chi connectivity index (χ0n) is 17.6. The van der Waals surface area contributed by atoms with E-state index in [-0.39, 0.29) is 40.6 Å². The highest BCUT2D eigenvalue weighted by atomic mass is 32.2. The predicted molar refractivity (Wildman–Crippen MR) is 125 cm³/mol. The number of hydrogen-bond acceptors (Lipinski definition) is 5. The summed E-state index contributed by atoms with van der Waals surface area (Å²) in [5, 5.41) is 2.62. The van der Waals surface area contributed by atoms with E-state index in [1.54, 1.807) is 36.4 Å². The van der Waals surface area contributed by atoms with Crippen molar-refractivity contribution in [2.45, 2.75) is 17.1 Å². The van der Waals surface area contributed by atoms with Crippen LogP contribution in [0.15, 0.2) is 83.8 Å². The average Bonchev–Trinajstić information content (AvgIpc) is 2.77. The zero-order valence-corrected chi connectivity index (χ0v) is 19.2. The Labute approximate surface area is 192 Å². The van der Waals surface area contributed by atoms with Crippen molar-refractivity contribution in [1.29, 1.82) is 0 Å². The van der Waals surface area contributed by atoms with E-state index in [1.165, 1.54) is 12.1 Å². The van der Waals surface area contributed by atoms with Gasteiger partial charge in [0.2, 0.25) is 0 Å². The van der Waals surface area contributed by atoms with Gasteiger partial charge in [-0.25, -0.2) is 21.2 Å². The molecule has 2 N–H and O–H groups in total. The van der Waals surface area contributed by atoms with Crippen molar-refractivity contribution in [3.8, 4) is 0 Å². The molecule has 0 fully saturated rings. The number of anilines is 1. The van der Waals surface area contributed by atoms with Crippen molar-refractivity contribution in [2.75, 3.05) is 17.0 Å². The molecular weight excluding hydrogens is 467 g/mol. The Morgan fingerprint density at radius 1 is 0.818 bits per heavy atom. The standard InChI is InChI=1S/C23H23FN2O5S2/c24-19-11-13-20(14-12-19)33(30,31)26-22-10-5-4-9-21(22)23(27)25-15-6-16-32(28,29)17-18-7-2-1-3-8-18/h1-5,7-14,26H,6,15-17H2,(H,25,27). The van der Waals surface area contributed by atoms with E-state index in [2.05, 4.69) is 10.0 Å². The first-order chi connectivity index (χ1) is 15.7. The number of sulfone groups is 1. The van der Waals surface area contributed by atoms with E-state index >= 15 is 0 Å². The van der Waals surface area contributed by atoms with Gasteiger partial charge in [-0.1, -0.05) is 42.5 Å². The van der Waals surface area contributed by atoms with Crippen LogP contribution in [0.4, 0.5) is 10.1 Å². The van der Waals surface area contributed by atoms with E-state index in [1.807, 2.05) is 6.07 Å². The molecule has 0 heterocycles. The van der Waals surface area contributed by atoms with Gasteiger partial charge in [-0.2, -0.15) is 0 Å². The molecule has 0 radical (unpaired) electrons. The summed E-state index contributed by atoms with van der Waals surface area (Å²) in [4.78, 5) is 12.5. The molecule has 1 amide bonds. The van der Waals surface area contributed by atoms with Crippen LogP contribution in [0.3, 0.4) is 0 Å². The van der Waals surface area contributed by atoms with Gasteiger partial charge in [0.25, 0.3) is 15.9 Å². The van der Waals surface area contributed by atoms with Crippen molar-refractivity contribution in [2.24, 2.45) is 0 Å². The van der Waals surface area contributed by atoms with Crippen LogP contribution in [0.1, 0.15) is 22.3 Å². The minimum absolute atomic E-state index is 0.0519. The summed E-state index contributed by atoms with van der Waals surface area (Å²) in [6, 6.07) is 19.1. The maximum absolute atomic E-state index is 13.1. The Balaban J connectivity index is 1.59. The Bertz CT molecular complexity index is 1310. The second-order valence-corrected chi connectivity index (χ2v) is 11.2. The van der Waals surface area contributed by atoms with Crippen LogP contribution in [-0.4, -0.2) is 35.0 Å². The lowest BCUT2D eigenvalue weighted by molar-refractivity contribution is 0.0954. The summed E-state index contributed by atoms with van der Waals surface area (Å²) in [6.07, 6.45) is 0.213. The number of halogens is 1. The topological polar surface area (TPSA) is 109 Å². The number of nitrogens with one attached hydrogen (secondary N) is 2. The molecule has 0 saturated carbocycles. The lowest BCUT2D eigenvalue weighted by Crippen LogP contribution is -2.27. The number of sulfonamides is 1. The number of rotatable bonds is 10. The molecule has 174 valence electrons. The second kappa shape index (κ2) is 10.6. The predicted octanol–water partition coefficient (Wildman–Crippen LogP) is 3.36. The SMILES string of the molecule is O=C(NCCCS(=O)(=O)Cc1ccccc1)c1ccccc1NS(=O)(=O)c1ccc(F)cc1. The van der Waals surface area contributed by atoms with Gasteiger partial charge in [0.1, 0.15) is 5.82 Å². The molecule has 0 unspecified atom stereocenters. The van der Waals surface area contributed by atoms with E-state index < -0.39 is 31.6 Å². The first-order valence-electron chi connectivity index (χ1n) is 10.1. The third kappa shape index (κ3) is 7.13. The molecule has 33 heavy (non-hydrogen) atoms. The summed E-state index contributed by atoms with van der Waals surface area (Å²) in [5.41, 5.74) is 0.829. The molecule has 0 aromatic heterocycles. The summed E-state index contributed by atoms with van der Waals surface area (Å²) in [7, 11) is -7.37. The maximum Gasteiger partial charge on any atom is 0.261 e. The smallest absolute Gasteiger partial charge is 0.261 e. The molecule has 0 atom stereocenters. The van der Waals surface area contributed by atoms with E-state index in [0.717, 1.165) is 24.3 Å². The number of carbonyl (C=O) groups excluding carboxylic acids is 1. The lowest BCUT2D eigenvalue weighted by Gasteiger charge is -2.13. The van der Waals surface area contributed by atoms with Gasteiger partial charge in [0.15, 0.2) is 9.84 Å². The van der Waals surface area contributed by atoms with Crippen molar-refractivity contribution >= 4 is 31.5 Å². The summed E-state index contributed by atoms with van der Waals surface area (Å²) >= 11 is 0. The van der Waals surface area contributed by atoms with E-state index in [4.69, 9.17) is 0 Å². The highest BCUT2D eigenvalue weighted by Crippen LogP contribution is 2.20. The van der Waals surface area contributed by atoms with Gasteiger partial charge in [0, 0.05) is 6.54 Å². The Morgan fingerprint density at radius 3 is 2.15 bits per heavy atom. The highest BCUT2D eigenvalue weighted by Gasteiger charge is 2.19. The van der Waals surface area contributed by atoms with Crippen LogP contribution in [0.2, 0.25) is 0 Å². The van der Waals surface area contributed by atoms with Crippen LogP contribution in [0.5, 0.6) is 0 Å². The molecule has 0 aliphatic rings. The normalized spacial score (nSPS) is 11.7. The van der Waals surface area contributed by atoms with Crippen molar-refractivity contribution < 1.29 is 26.0 Å². The first kappa shape index (κ1) is 24.4. The molecule has 3 aromatic rings. The zero-order chi connectivity index (χ0) is 23.9. The number of benzene rings is 3. The third-order valence-electron chi connectivity index (χ3n) is 4.69. The summed E-state index contributed by atoms with van der Waals surface area (Å²) < 4.78 is 65.1. The van der Waals surface area contributed by atoms with E-state index in [0.29, 0.717) is 5.56 Å². The Morgan fingerprint density at radius 2 is 1.45 bits per heavy atom. The quantitative estimate of drug-likeness (QED) is 0.424. The molecule has 10 heteroatoms. The fourth-order valence-corrected chi connectivity index (χ4v) is 5.59. The van der Waals surface area contributed by atoms with Crippen molar-refractivity contribution in [3.05, 3.63) is 95.8 Å². The van der Waals surface area contributed by atoms with E-state index in [9.17, 15) is 26.0 Å². The number of para-hydroxylation sites is 1. The highest BCUT2D eigenvalue weighted by molar-refractivity contribution is 7.92. The number of hydrogen-bond donors (Lipinski definition) is 2. The van der Waals surface area contributed by atoms with Gasteiger partial charge in [-0.3, -0.25) is 9.52 Å². The minimum Gasteiger partial charge on any atom is -0.352 e. The first-order valence-corrected chi connectivity index (χ1v) is 13.4. The lowest BCUT2D eigenvalue weighted by atomic mass is 10.1. The van der Waals surface area contributed by atoms with Crippen LogP contribution < -0.4 is 10.0 Å². The van der Waals surface area contributed by atoms with Crippen molar-refractivity contribution in [1.82, 2.24) is 5.32 Å². The maximum atomic E-state index is 13.1. The molecule has 3 rings (SSSR count). The summed E-state index contributed by atoms with van der Waals surface area (Å²) in [5.74, 6) is -1.29. The fourth-order valence-electron chi connectivity index (χ4n) is 3.08. The average molecular weight is 491 g/mol. The van der Waals surface area contributed by atoms with Gasteiger partial charge in [0.05, 0.1) is 27.7 Å². The van der Waals surface area contributed by atoms with Gasteiger partial charge >= 0.3 is 0 Å². The van der Waals surface area contributed by atoms with Gasteiger partial charge < -0.3 is 5.32 Å². The Hall–Kier alpha value is -3.24. The van der Waals surface area contributed by atoms with Crippen molar-refractivity contribution in [3.63, 3.8) is 0 Å². The minimum atomic E-state index is -4.04. The third-order valence-corrected chi connectivity index (χ3v) is 7.75. The van der Waals surface area contributed by atoms with Crippen LogP contribution >= 0.6 is 0 Å². The number of carbonyl (C=O) groups is 1. The number of amides is 1. The summed E-state index contributed by atoms with van der Waals surface area (Å²) in [6.45, 7) is 0.103. The molecule has 0 spiro atoms.